The number of nitrogens with one attached hydrogen (secondary N) is 1. The fourth-order valence-electron chi connectivity index (χ4n) is 5.60. The molecule has 45 heavy (non-hydrogen) atoms. The van der Waals surface area contributed by atoms with Crippen molar-refractivity contribution in [1.29, 1.82) is 0 Å². The second-order valence-electron chi connectivity index (χ2n) is 11.8. The highest BCUT2D eigenvalue weighted by Crippen LogP contribution is 2.37. The first-order chi connectivity index (χ1) is 22.2. The minimum absolute atomic E-state index is 0.0436. The van der Waals surface area contributed by atoms with Gasteiger partial charge in [0.2, 0.25) is 5.91 Å². The predicted octanol–water partition coefficient (Wildman–Crippen LogP) is 5.62. The van der Waals surface area contributed by atoms with E-state index in [1.165, 1.54) is 36.4 Å². The fourth-order valence-corrected chi connectivity index (χ4v) is 10.2. The van der Waals surface area contributed by atoms with Gasteiger partial charge in [0.1, 0.15) is 35.5 Å². The molecule has 3 N–H and O–H groups in total. The van der Waals surface area contributed by atoms with E-state index in [0.29, 0.717) is 11.0 Å². The SMILES string of the molecule is [2H]C([2H])(Oc1ccc2oc(C)c(C(=O)N[C@@H](CO[Si](c3ccccc3)(c3ccccc3)C(C)(C)C)C(N)=O)c2c1)c1ccccc1F. The number of primary amides is 1. The van der Waals surface area contributed by atoms with Crippen molar-refractivity contribution in [2.75, 3.05) is 6.61 Å². The number of hydrogen-bond donors (Lipinski definition) is 2. The number of fused-ring (bicyclic) bond motifs is 1. The highest BCUT2D eigenvalue weighted by Gasteiger charge is 2.50. The molecule has 232 valence electrons. The third kappa shape index (κ3) is 6.55. The van der Waals surface area contributed by atoms with Gasteiger partial charge in [-0.2, -0.15) is 0 Å². The Balaban J connectivity index is 1.45. The number of nitrogens with two attached hydrogens (primary N) is 1. The van der Waals surface area contributed by atoms with E-state index >= 15 is 0 Å². The lowest BCUT2D eigenvalue weighted by molar-refractivity contribution is -0.120. The number of halogens is 1. The zero-order valence-electron chi connectivity index (χ0n) is 27.6. The van der Waals surface area contributed by atoms with Crippen molar-refractivity contribution < 1.29 is 30.3 Å². The van der Waals surface area contributed by atoms with Gasteiger partial charge in [-0.3, -0.25) is 9.59 Å². The summed E-state index contributed by atoms with van der Waals surface area (Å²) in [6.07, 6.45) is 0. The van der Waals surface area contributed by atoms with Crippen LogP contribution in [0.5, 0.6) is 5.75 Å². The molecule has 0 saturated heterocycles. The van der Waals surface area contributed by atoms with Gasteiger partial charge in [-0.25, -0.2) is 4.39 Å². The Kier molecular flexibility index (Phi) is 8.44. The molecule has 0 fully saturated rings. The number of carbonyl (C=O) groups excluding carboxylic acids is 2. The van der Waals surface area contributed by atoms with Crippen LogP contribution in [0.4, 0.5) is 4.39 Å². The summed E-state index contributed by atoms with van der Waals surface area (Å²) >= 11 is 0. The maximum absolute atomic E-state index is 14.4. The van der Waals surface area contributed by atoms with Gasteiger partial charge >= 0.3 is 0 Å². The normalized spacial score (nSPS) is 13.5. The Bertz CT molecular complexity index is 1860. The van der Waals surface area contributed by atoms with Gasteiger partial charge in [0.25, 0.3) is 14.2 Å². The third-order valence-corrected chi connectivity index (χ3v) is 12.8. The monoisotopic (exact) mass is 626 g/mol. The van der Waals surface area contributed by atoms with Crippen molar-refractivity contribution in [1.82, 2.24) is 5.32 Å². The molecule has 9 heteroatoms. The Labute approximate surface area is 266 Å². The Hall–Kier alpha value is -4.73. The Morgan fingerprint density at radius 1 is 0.956 bits per heavy atom. The van der Waals surface area contributed by atoms with Crippen molar-refractivity contribution in [3.8, 4) is 5.75 Å². The first-order valence-corrected chi connectivity index (χ1v) is 16.5. The maximum atomic E-state index is 14.4. The van der Waals surface area contributed by atoms with Crippen molar-refractivity contribution >= 4 is 41.5 Å². The van der Waals surface area contributed by atoms with Gasteiger partial charge in [-0.15, -0.1) is 0 Å². The smallest absolute Gasteiger partial charge is 0.261 e. The van der Waals surface area contributed by atoms with E-state index in [0.717, 1.165) is 16.4 Å². The van der Waals surface area contributed by atoms with Crippen LogP contribution in [0.25, 0.3) is 11.0 Å². The number of hydrogen-bond acceptors (Lipinski definition) is 5. The van der Waals surface area contributed by atoms with Crippen LogP contribution < -0.4 is 26.2 Å². The van der Waals surface area contributed by atoms with E-state index in [9.17, 15) is 14.0 Å². The lowest BCUT2D eigenvalue weighted by Gasteiger charge is -2.43. The number of amides is 2. The molecule has 2 amide bonds. The number of aryl methyl sites for hydroxylation is 1. The van der Waals surface area contributed by atoms with Crippen molar-refractivity contribution in [3.05, 3.63) is 126 Å². The third-order valence-electron chi connectivity index (χ3n) is 7.75. The predicted molar refractivity (Wildman–Crippen MR) is 176 cm³/mol. The zero-order chi connectivity index (χ0) is 34.0. The first-order valence-electron chi connectivity index (χ1n) is 15.6. The highest BCUT2D eigenvalue weighted by molar-refractivity contribution is 6.99. The maximum Gasteiger partial charge on any atom is 0.261 e. The van der Waals surface area contributed by atoms with Crippen LogP contribution in [0.1, 0.15) is 45.2 Å². The number of benzene rings is 4. The molecular formula is C36H37FN2O5Si. The summed E-state index contributed by atoms with van der Waals surface area (Å²) < 4.78 is 49.3. The molecule has 0 aliphatic carbocycles. The minimum atomic E-state index is -3.05. The van der Waals surface area contributed by atoms with Gasteiger partial charge in [0, 0.05) is 10.9 Å². The molecule has 0 bridgehead atoms. The first kappa shape index (κ1) is 29.0. The number of rotatable bonds is 11. The molecule has 0 spiro atoms. The molecule has 0 unspecified atom stereocenters. The molecule has 1 atom stereocenters. The standard InChI is InChI=1S/C36H37FN2O5Si/c1-24-33(29-21-26(19-20-32(29)44-24)42-22-25-13-11-12-18-30(25)37)35(41)39-31(34(38)40)23-43-45(36(2,3)4,27-14-7-5-8-15-27)28-16-9-6-10-17-28/h5-21,31H,22-23H2,1-4H3,(H2,38,40)(H,39,41)/t31-/m0/s1/i22D2. The van der Waals surface area contributed by atoms with Crippen molar-refractivity contribution in [2.24, 2.45) is 5.73 Å². The topological polar surface area (TPSA) is 104 Å². The highest BCUT2D eigenvalue weighted by atomic mass is 28.4. The van der Waals surface area contributed by atoms with E-state index in [4.69, 9.17) is 22.1 Å². The van der Waals surface area contributed by atoms with Crippen LogP contribution in [0.3, 0.4) is 0 Å². The minimum Gasteiger partial charge on any atom is -0.489 e. The van der Waals surface area contributed by atoms with Gasteiger partial charge in [0.05, 0.1) is 14.9 Å². The molecule has 1 aromatic heterocycles. The molecular weight excluding hydrogens is 587 g/mol. The zero-order valence-corrected chi connectivity index (χ0v) is 26.6. The van der Waals surface area contributed by atoms with Crippen LogP contribution in [0.15, 0.2) is 108 Å². The summed E-state index contributed by atoms with van der Waals surface area (Å²) in [4.78, 5) is 26.6. The van der Waals surface area contributed by atoms with E-state index < -0.39 is 38.5 Å². The molecule has 4 aromatic carbocycles. The molecule has 7 nitrogen and oxygen atoms in total. The largest absolute Gasteiger partial charge is 0.489 e. The number of carbonyl (C=O) groups is 2. The van der Waals surface area contributed by atoms with E-state index in [2.05, 4.69) is 26.1 Å². The average Bonchev–Trinajstić information content (AvgIpc) is 3.35. The van der Waals surface area contributed by atoms with Crippen molar-refractivity contribution in [3.63, 3.8) is 0 Å². The van der Waals surface area contributed by atoms with Gasteiger partial charge in [-0.05, 0) is 46.6 Å². The van der Waals surface area contributed by atoms with Crippen molar-refractivity contribution in [2.45, 2.75) is 45.3 Å². The van der Waals surface area contributed by atoms with E-state index in [1.807, 2.05) is 60.7 Å². The Morgan fingerprint density at radius 2 is 1.56 bits per heavy atom. The molecule has 0 aliphatic heterocycles. The molecule has 5 aromatic rings. The molecule has 1 heterocycles. The number of ether oxygens (including phenoxy) is 1. The lowest BCUT2D eigenvalue weighted by atomic mass is 10.1. The van der Waals surface area contributed by atoms with Gasteiger partial charge in [0.15, 0.2) is 0 Å². The second-order valence-corrected chi connectivity index (χ2v) is 16.1. The average molecular weight is 627 g/mol. The lowest BCUT2D eigenvalue weighted by Crippen LogP contribution is -2.67. The van der Waals surface area contributed by atoms with Crippen LogP contribution >= 0.6 is 0 Å². The summed E-state index contributed by atoms with van der Waals surface area (Å²) in [5.74, 6) is -1.85. The second kappa shape index (κ2) is 13.1. The summed E-state index contributed by atoms with van der Waals surface area (Å²) in [7, 11) is -3.05. The van der Waals surface area contributed by atoms with Crippen LogP contribution in [-0.4, -0.2) is 32.8 Å². The molecule has 5 rings (SSSR count). The summed E-state index contributed by atoms with van der Waals surface area (Å²) in [6.45, 7) is 5.23. The van der Waals surface area contributed by atoms with Crippen LogP contribution in [0.2, 0.25) is 5.04 Å². The van der Waals surface area contributed by atoms with Gasteiger partial charge < -0.3 is 24.6 Å². The summed E-state index contributed by atoms with van der Waals surface area (Å²) in [6, 6.07) is 28.5. The fraction of sp³-hybridized carbons (Fsp3) is 0.222. The molecule has 0 radical (unpaired) electrons. The Morgan fingerprint density at radius 3 is 2.13 bits per heavy atom. The summed E-state index contributed by atoms with van der Waals surface area (Å²) in [5, 5.41) is 4.70. The van der Waals surface area contributed by atoms with Gasteiger partial charge in [-0.1, -0.05) is 99.6 Å². The number of furan rings is 1. The van der Waals surface area contributed by atoms with Crippen LogP contribution in [-0.2, 0) is 15.8 Å². The summed E-state index contributed by atoms with van der Waals surface area (Å²) in [5.41, 5.74) is 6.02. The van der Waals surface area contributed by atoms with Crippen LogP contribution in [0, 0.1) is 12.7 Å². The van der Waals surface area contributed by atoms with E-state index in [1.54, 1.807) is 6.92 Å². The quantitative estimate of drug-likeness (QED) is 0.185. The molecule has 0 saturated carbocycles. The molecule has 0 aliphatic rings. The van der Waals surface area contributed by atoms with E-state index in [-0.39, 0.29) is 34.3 Å².